The maximum atomic E-state index is 12.3. The Balaban J connectivity index is 1.82. The maximum absolute atomic E-state index is 12.3. The predicted octanol–water partition coefficient (Wildman–Crippen LogP) is 1.29. The number of carbonyl (C=O) groups is 2. The summed E-state index contributed by atoms with van der Waals surface area (Å²) in [5.74, 6) is -2.04. The van der Waals surface area contributed by atoms with Crippen molar-refractivity contribution in [1.82, 2.24) is 15.1 Å². The van der Waals surface area contributed by atoms with Crippen LogP contribution in [0.15, 0.2) is 28.9 Å². The lowest BCUT2D eigenvalue weighted by Gasteiger charge is -2.46. The molecule has 1 fully saturated rings. The Labute approximate surface area is 150 Å². The third-order valence-electron chi connectivity index (χ3n) is 4.76. The first-order chi connectivity index (χ1) is 11.8. The van der Waals surface area contributed by atoms with Crippen LogP contribution in [0.5, 0.6) is 0 Å². The number of aliphatic hydroxyl groups excluding tert-OH is 1. The number of carboxylic acids is 1. The minimum Gasteiger partial charge on any atom is -0.477 e. The van der Waals surface area contributed by atoms with Crippen molar-refractivity contribution in [1.29, 1.82) is 0 Å². The first-order valence-electron chi connectivity index (χ1n) is 8.24. The lowest BCUT2D eigenvalue weighted by molar-refractivity contribution is -0.163. The molecule has 3 heterocycles. The molecule has 25 heavy (non-hydrogen) atoms. The number of carbonyl (C=O) groups excluding carboxylic acids is 1. The molecule has 134 valence electrons. The number of rotatable bonds is 6. The van der Waals surface area contributed by atoms with Crippen LogP contribution in [0.1, 0.15) is 26.5 Å². The highest BCUT2D eigenvalue weighted by atomic mass is 32.2. The SMILES string of the molecule is CC(Cc1cccnn1)SC1=C(C(=O)O)N2C(=O)[C@@H]([C@@H](C)O)[C@@H]2[C@H]1C. The van der Waals surface area contributed by atoms with Crippen LogP contribution in [-0.4, -0.2) is 54.6 Å². The van der Waals surface area contributed by atoms with Crippen LogP contribution in [0.4, 0.5) is 0 Å². The van der Waals surface area contributed by atoms with Gasteiger partial charge in [-0.2, -0.15) is 10.2 Å². The number of nitrogens with zero attached hydrogens (tertiary/aromatic N) is 3. The van der Waals surface area contributed by atoms with E-state index in [-0.39, 0.29) is 28.8 Å². The first-order valence-corrected chi connectivity index (χ1v) is 9.12. The van der Waals surface area contributed by atoms with Gasteiger partial charge in [0.1, 0.15) is 5.70 Å². The normalized spacial score (nSPS) is 27.8. The van der Waals surface area contributed by atoms with Crippen LogP contribution >= 0.6 is 11.8 Å². The molecule has 3 rings (SSSR count). The standard InChI is InChI=1S/C17H21N3O4S/c1-8(7-11-5-4-6-18-19-11)25-15-9(2)13-12(10(3)21)16(22)20(13)14(15)17(23)24/h4-6,8-10,12-13,21H,7H2,1-3H3,(H,23,24)/t8?,9-,10-,12+,13+/m1/s1. The van der Waals surface area contributed by atoms with Gasteiger partial charge >= 0.3 is 5.97 Å². The topological polar surface area (TPSA) is 104 Å². The molecule has 1 aromatic heterocycles. The molecule has 5 atom stereocenters. The molecule has 1 unspecified atom stereocenters. The number of fused-ring (bicyclic) bond motifs is 1. The fraction of sp³-hybridized carbons (Fsp3) is 0.529. The van der Waals surface area contributed by atoms with E-state index in [1.54, 1.807) is 13.1 Å². The third-order valence-corrected chi connectivity index (χ3v) is 6.15. The van der Waals surface area contributed by atoms with E-state index in [1.165, 1.54) is 16.7 Å². The second-order valence-electron chi connectivity index (χ2n) is 6.62. The molecule has 2 aliphatic rings. The number of aliphatic carboxylic acids is 1. The number of hydrogen-bond donors (Lipinski definition) is 2. The van der Waals surface area contributed by atoms with Gasteiger partial charge in [0.05, 0.1) is 23.8 Å². The fourth-order valence-electron chi connectivity index (χ4n) is 3.67. The second-order valence-corrected chi connectivity index (χ2v) is 8.10. The van der Waals surface area contributed by atoms with Crippen molar-refractivity contribution < 1.29 is 19.8 Å². The van der Waals surface area contributed by atoms with Gasteiger partial charge in [-0.25, -0.2) is 4.79 Å². The number of carboxylic acid groups (broad SMARTS) is 1. The van der Waals surface area contributed by atoms with Gasteiger partial charge in [0.15, 0.2) is 0 Å². The van der Waals surface area contributed by atoms with Crippen molar-refractivity contribution in [2.75, 3.05) is 0 Å². The van der Waals surface area contributed by atoms with Crippen LogP contribution in [0, 0.1) is 11.8 Å². The molecule has 2 aliphatic heterocycles. The highest BCUT2D eigenvalue weighted by molar-refractivity contribution is 8.03. The lowest BCUT2D eigenvalue weighted by Crippen LogP contribution is -2.63. The third kappa shape index (κ3) is 3.04. The van der Waals surface area contributed by atoms with E-state index in [4.69, 9.17) is 0 Å². The Morgan fingerprint density at radius 3 is 2.72 bits per heavy atom. The van der Waals surface area contributed by atoms with Crippen molar-refractivity contribution >= 4 is 23.6 Å². The molecule has 0 saturated carbocycles. The first kappa shape index (κ1) is 17.9. The molecule has 1 aromatic rings. The molecular weight excluding hydrogens is 342 g/mol. The zero-order valence-electron chi connectivity index (χ0n) is 14.3. The molecule has 0 bridgehead atoms. The van der Waals surface area contributed by atoms with E-state index >= 15 is 0 Å². The molecule has 1 amide bonds. The number of β-lactam (4-membered cyclic amide) rings is 1. The van der Waals surface area contributed by atoms with Gasteiger partial charge in [-0.1, -0.05) is 13.8 Å². The summed E-state index contributed by atoms with van der Waals surface area (Å²) < 4.78 is 0. The Morgan fingerprint density at radius 1 is 1.44 bits per heavy atom. The minimum atomic E-state index is -1.10. The van der Waals surface area contributed by atoms with E-state index in [0.29, 0.717) is 11.3 Å². The number of hydrogen-bond acceptors (Lipinski definition) is 6. The molecule has 1 saturated heterocycles. The van der Waals surface area contributed by atoms with Gasteiger partial charge in [-0.3, -0.25) is 4.79 Å². The highest BCUT2D eigenvalue weighted by Gasteiger charge is 2.60. The summed E-state index contributed by atoms with van der Waals surface area (Å²) in [6.45, 7) is 5.50. The lowest BCUT2D eigenvalue weighted by atomic mass is 9.79. The Bertz CT molecular complexity index is 722. The number of thioether (sulfide) groups is 1. The van der Waals surface area contributed by atoms with Gasteiger partial charge in [0.2, 0.25) is 5.91 Å². The highest BCUT2D eigenvalue weighted by Crippen LogP contribution is 2.51. The van der Waals surface area contributed by atoms with E-state index in [2.05, 4.69) is 10.2 Å². The Kier molecular flexibility index (Phi) is 4.83. The maximum Gasteiger partial charge on any atom is 0.353 e. The van der Waals surface area contributed by atoms with E-state index in [1.807, 2.05) is 26.0 Å². The van der Waals surface area contributed by atoms with E-state index < -0.39 is 18.0 Å². The molecule has 0 radical (unpaired) electrons. The van der Waals surface area contributed by atoms with Crippen LogP contribution in [0.3, 0.4) is 0 Å². The van der Waals surface area contributed by atoms with Gasteiger partial charge in [-0.05, 0) is 19.1 Å². The molecule has 8 heteroatoms. The minimum absolute atomic E-state index is 0.0652. The molecule has 0 aromatic carbocycles. The summed E-state index contributed by atoms with van der Waals surface area (Å²) in [6, 6.07) is 3.43. The average molecular weight is 363 g/mol. The van der Waals surface area contributed by atoms with Crippen molar-refractivity contribution in [2.45, 2.75) is 44.6 Å². The molecule has 0 aliphatic carbocycles. The molecule has 2 N–H and O–H groups in total. The monoisotopic (exact) mass is 363 g/mol. The van der Waals surface area contributed by atoms with E-state index in [0.717, 1.165) is 5.69 Å². The van der Waals surface area contributed by atoms with E-state index in [9.17, 15) is 19.8 Å². The van der Waals surface area contributed by atoms with Crippen LogP contribution < -0.4 is 0 Å². The summed E-state index contributed by atoms with van der Waals surface area (Å²) in [4.78, 5) is 26.1. The number of aromatic nitrogens is 2. The van der Waals surface area contributed by atoms with Crippen molar-refractivity contribution in [2.24, 2.45) is 11.8 Å². The number of amides is 1. The van der Waals surface area contributed by atoms with Gasteiger partial charge in [0, 0.05) is 28.7 Å². The summed E-state index contributed by atoms with van der Waals surface area (Å²) >= 11 is 1.47. The smallest absolute Gasteiger partial charge is 0.353 e. The molecular formula is C17H21N3O4S. The average Bonchev–Trinajstić information content (AvgIpc) is 2.77. The van der Waals surface area contributed by atoms with Crippen LogP contribution in [0.2, 0.25) is 0 Å². The largest absolute Gasteiger partial charge is 0.477 e. The predicted molar refractivity (Wildman–Crippen MR) is 92.4 cm³/mol. The van der Waals surface area contributed by atoms with Crippen LogP contribution in [-0.2, 0) is 16.0 Å². The summed E-state index contributed by atoms with van der Waals surface area (Å²) in [5, 5.41) is 27.5. The van der Waals surface area contributed by atoms with Crippen molar-refractivity contribution in [3.8, 4) is 0 Å². The number of aliphatic hydroxyl groups is 1. The van der Waals surface area contributed by atoms with Crippen molar-refractivity contribution in [3.63, 3.8) is 0 Å². The van der Waals surface area contributed by atoms with Crippen molar-refractivity contribution in [3.05, 3.63) is 34.6 Å². The zero-order chi connectivity index (χ0) is 18.3. The molecule has 0 spiro atoms. The fourth-order valence-corrected chi connectivity index (χ4v) is 5.01. The van der Waals surface area contributed by atoms with Gasteiger partial charge < -0.3 is 15.1 Å². The Morgan fingerprint density at radius 2 is 2.16 bits per heavy atom. The molecule has 7 nitrogen and oxygen atoms in total. The summed E-state index contributed by atoms with van der Waals surface area (Å²) in [6.07, 6.45) is 1.48. The Hall–Kier alpha value is -1.93. The summed E-state index contributed by atoms with van der Waals surface area (Å²) in [5.41, 5.74) is 0.905. The summed E-state index contributed by atoms with van der Waals surface area (Å²) in [7, 11) is 0. The van der Waals surface area contributed by atoms with Gasteiger partial charge in [0.25, 0.3) is 0 Å². The second kappa shape index (κ2) is 6.76. The quantitative estimate of drug-likeness (QED) is 0.734. The van der Waals surface area contributed by atoms with Gasteiger partial charge in [-0.15, -0.1) is 11.8 Å². The van der Waals surface area contributed by atoms with Crippen LogP contribution in [0.25, 0.3) is 0 Å². The zero-order valence-corrected chi connectivity index (χ0v) is 15.1.